The molecule has 7 heteroatoms. The van der Waals surface area contributed by atoms with Crippen molar-refractivity contribution < 1.29 is 23.8 Å². The summed E-state index contributed by atoms with van der Waals surface area (Å²) in [5.74, 6) is -0.293. The van der Waals surface area contributed by atoms with E-state index in [1.54, 1.807) is 19.3 Å². The third kappa shape index (κ3) is 6.09. The molecule has 0 spiro atoms. The lowest BCUT2D eigenvalue weighted by Crippen LogP contribution is -2.36. The largest absolute Gasteiger partial charge is 0.497 e. The van der Waals surface area contributed by atoms with E-state index in [1.807, 2.05) is 42.5 Å². The fraction of sp³-hybridized carbons (Fsp3) is 0.304. The highest BCUT2D eigenvalue weighted by atomic mass is 16.5. The lowest BCUT2D eigenvalue weighted by Gasteiger charge is -2.28. The number of esters is 1. The number of carbonyl (C=O) groups is 2. The van der Waals surface area contributed by atoms with Gasteiger partial charge in [-0.2, -0.15) is 0 Å². The van der Waals surface area contributed by atoms with Crippen molar-refractivity contribution >= 4 is 29.3 Å². The Morgan fingerprint density at radius 2 is 1.87 bits per heavy atom. The zero-order valence-corrected chi connectivity index (χ0v) is 17.2. The van der Waals surface area contributed by atoms with Crippen molar-refractivity contribution in [3.8, 4) is 5.75 Å². The van der Waals surface area contributed by atoms with Crippen LogP contribution in [-0.2, 0) is 19.1 Å². The van der Waals surface area contributed by atoms with Crippen LogP contribution in [0.25, 0.3) is 6.08 Å². The van der Waals surface area contributed by atoms with Crippen molar-refractivity contribution in [2.45, 2.75) is 13.0 Å². The van der Waals surface area contributed by atoms with Gasteiger partial charge in [-0.15, -0.1) is 0 Å². The summed E-state index contributed by atoms with van der Waals surface area (Å²) in [4.78, 5) is 26.6. The minimum atomic E-state index is -0.925. The van der Waals surface area contributed by atoms with Gasteiger partial charge in [0, 0.05) is 30.5 Å². The molecule has 1 aliphatic heterocycles. The van der Waals surface area contributed by atoms with Crippen molar-refractivity contribution in [1.82, 2.24) is 0 Å². The summed E-state index contributed by atoms with van der Waals surface area (Å²) in [6.07, 6.45) is 1.97. The number of hydrogen-bond donors (Lipinski definition) is 1. The van der Waals surface area contributed by atoms with E-state index >= 15 is 0 Å². The van der Waals surface area contributed by atoms with Crippen molar-refractivity contribution in [1.29, 1.82) is 0 Å². The van der Waals surface area contributed by atoms with Crippen LogP contribution in [0.2, 0.25) is 0 Å². The number of carbonyl (C=O) groups excluding carboxylic acids is 2. The predicted octanol–water partition coefficient (Wildman–Crippen LogP) is 3.12. The Kier molecular flexibility index (Phi) is 7.45. The summed E-state index contributed by atoms with van der Waals surface area (Å²) < 4.78 is 15.7. The van der Waals surface area contributed by atoms with Gasteiger partial charge in [0.25, 0.3) is 5.91 Å². The van der Waals surface area contributed by atoms with Crippen LogP contribution in [-0.4, -0.2) is 51.4 Å². The second-order valence-corrected chi connectivity index (χ2v) is 6.82. The SMILES string of the molecule is COc1cccc(/C=C/C(=O)O[C@H](C)C(=O)Nc2ccc(N3CCOCC3)cc2)c1. The summed E-state index contributed by atoms with van der Waals surface area (Å²) in [5.41, 5.74) is 2.52. The molecule has 1 fully saturated rings. The Bertz CT molecular complexity index is 889. The molecule has 1 amide bonds. The quantitative estimate of drug-likeness (QED) is 0.558. The number of anilines is 2. The average molecular weight is 410 g/mol. The van der Waals surface area contributed by atoms with Crippen molar-refractivity contribution in [3.63, 3.8) is 0 Å². The van der Waals surface area contributed by atoms with Gasteiger partial charge in [-0.25, -0.2) is 4.79 Å². The predicted molar refractivity (Wildman–Crippen MR) is 116 cm³/mol. The van der Waals surface area contributed by atoms with E-state index in [9.17, 15) is 9.59 Å². The maximum absolute atomic E-state index is 12.3. The summed E-state index contributed by atoms with van der Waals surface area (Å²) in [5, 5.41) is 2.77. The number of benzene rings is 2. The van der Waals surface area contributed by atoms with Crippen molar-refractivity contribution in [3.05, 3.63) is 60.2 Å². The van der Waals surface area contributed by atoms with E-state index in [0.717, 1.165) is 24.3 Å². The maximum atomic E-state index is 12.3. The molecule has 1 atom stereocenters. The van der Waals surface area contributed by atoms with Gasteiger partial charge in [0.05, 0.1) is 20.3 Å². The van der Waals surface area contributed by atoms with Crippen LogP contribution in [0.1, 0.15) is 12.5 Å². The number of rotatable bonds is 7. The molecule has 1 saturated heterocycles. The highest BCUT2D eigenvalue weighted by molar-refractivity contribution is 5.96. The highest BCUT2D eigenvalue weighted by Gasteiger charge is 2.17. The molecule has 0 aliphatic carbocycles. The molecule has 1 aliphatic rings. The van der Waals surface area contributed by atoms with E-state index in [0.29, 0.717) is 24.7 Å². The first-order chi connectivity index (χ1) is 14.5. The highest BCUT2D eigenvalue weighted by Crippen LogP contribution is 2.19. The molecule has 2 aromatic carbocycles. The molecule has 1 N–H and O–H groups in total. The zero-order chi connectivity index (χ0) is 21.3. The minimum Gasteiger partial charge on any atom is -0.497 e. The first-order valence-corrected chi connectivity index (χ1v) is 9.81. The molecule has 1 heterocycles. The van der Waals surface area contributed by atoms with Gasteiger partial charge in [0.2, 0.25) is 0 Å². The number of hydrogen-bond acceptors (Lipinski definition) is 6. The summed E-state index contributed by atoms with van der Waals surface area (Å²) in [6, 6.07) is 14.8. The first-order valence-electron chi connectivity index (χ1n) is 9.81. The smallest absolute Gasteiger partial charge is 0.331 e. The molecule has 30 heavy (non-hydrogen) atoms. The molecular weight excluding hydrogens is 384 g/mol. The average Bonchev–Trinajstić information content (AvgIpc) is 2.79. The Morgan fingerprint density at radius 1 is 1.13 bits per heavy atom. The first kappa shape index (κ1) is 21.4. The summed E-state index contributed by atoms with van der Waals surface area (Å²) in [6.45, 7) is 4.67. The van der Waals surface area contributed by atoms with Crippen LogP contribution >= 0.6 is 0 Å². The van der Waals surface area contributed by atoms with E-state index < -0.39 is 18.0 Å². The van der Waals surface area contributed by atoms with Crippen LogP contribution in [0, 0.1) is 0 Å². The van der Waals surface area contributed by atoms with Crippen molar-refractivity contribution in [2.75, 3.05) is 43.6 Å². The van der Waals surface area contributed by atoms with Crippen LogP contribution < -0.4 is 15.0 Å². The lowest BCUT2D eigenvalue weighted by atomic mass is 10.2. The van der Waals surface area contributed by atoms with Crippen LogP contribution in [0.3, 0.4) is 0 Å². The second-order valence-electron chi connectivity index (χ2n) is 6.82. The minimum absolute atomic E-state index is 0.391. The van der Waals surface area contributed by atoms with Crippen molar-refractivity contribution in [2.24, 2.45) is 0 Å². The maximum Gasteiger partial charge on any atom is 0.331 e. The Morgan fingerprint density at radius 3 is 2.57 bits per heavy atom. The normalized spacial score (nSPS) is 14.9. The van der Waals surface area contributed by atoms with E-state index in [1.165, 1.54) is 13.0 Å². The third-order valence-corrected chi connectivity index (χ3v) is 4.68. The molecule has 7 nitrogen and oxygen atoms in total. The van der Waals surface area contributed by atoms with Gasteiger partial charge >= 0.3 is 5.97 Å². The number of nitrogens with one attached hydrogen (secondary N) is 1. The van der Waals surface area contributed by atoms with Gasteiger partial charge in [-0.1, -0.05) is 12.1 Å². The molecule has 0 saturated carbocycles. The van der Waals surface area contributed by atoms with Gasteiger partial charge in [-0.3, -0.25) is 4.79 Å². The van der Waals surface area contributed by atoms with Crippen LogP contribution in [0.15, 0.2) is 54.6 Å². The van der Waals surface area contributed by atoms with E-state index in [-0.39, 0.29) is 0 Å². The molecule has 0 bridgehead atoms. The third-order valence-electron chi connectivity index (χ3n) is 4.68. The summed E-state index contributed by atoms with van der Waals surface area (Å²) >= 11 is 0. The van der Waals surface area contributed by atoms with E-state index in [2.05, 4.69) is 10.2 Å². The van der Waals surface area contributed by atoms with Gasteiger partial charge < -0.3 is 24.4 Å². The second kappa shape index (κ2) is 10.5. The number of nitrogens with zero attached hydrogens (tertiary/aromatic N) is 1. The standard InChI is InChI=1S/C23H26N2O5/c1-17(30-22(26)11-6-18-4-3-5-21(16-18)28-2)23(27)24-19-7-9-20(10-8-19)25-12-14-29-15-13-25/h3-11,16-17H,12-15H2,1-2H3,(H,24,27)/b11-6+/t17-/m1/s1. The molecule has 3 rings (SSSR count). The van der Waals surface area contributed by atoms with E-state index in [4.69, 9.17) is 14.2 Å². The lowest BCUT2D eigenvalue weighted by molar-refractivity contribution is -0.148. The number of amides is 1. The summed E-state index contributed by atoms with van der Waals surface area (Å²) in [7, 11) is 1.58. The van der Waals surface area contributed by atoms with Gasteiger partial charge in [-0.05, 0) is 55.0 Å². The number of ether oxygens (including phenoxy) is 3. The molecular formula is C23H26N2O5. The Labute approximate surface area is 176 Å². The number of methoxy groups -OCH3 is 1. The molecule has 0 radical (unpaired) electrons. The Hall–Kier alpha value is -3.32. The topological polar surface area (TPSA) is 77.1 Å². The number of morpholine rings is 1. The fourth-order valence-corrected chi connectivity index (χ4v) is 3.00. The molecule has 158 valence electrons. The molecule has 0 aromatic heterocycles. The fourth-order valence-electron chi connectivity index (χ4n) is 3.00. The zero-order valence-electron chi connectivity index (χ0n) is 17.2. The molecule has 2 aromatic rings. The van der Waals surface area contributed by atoms with Crippen LogP contribution in [0.5, 0.6) is 5.75 Å². The monoisotopic (exact) mass is 410 g/mol. The van der Waals surface area contributed by atoms with Gasteiger partial charge in [0.15, 0.2) is 6.10 Å². The molecule has 0 unspecified atom stereocenters. The Balaban J connectivity index is 1.50. The van der Waals surface area contributed by atoms with Crippen LogP contribution in [0.4, 0.5) is 11.4 Å². The van der Waals surface area contributed by atoms with Gasteiger partial charge in [0.1, 0.15) is 5.75 Å².